The summed E-state index contributed by atoms with van der Waals surface area (Å²) in [5.41, 5.74) is 1.55. The van der Waals surface area contributed by atoms with E-state index in [1.165, 1.54) is 12.1 Å². The molecular weight excluding hydrogens is 303 g/mol. The first-order chi connectivity index (χ1) is 10.4. The molecule has 3 rings (SSSR count). The summed E-state index contributed by atoms with van der Waals surface area (Å²) >= 11 is 0. The van der Waals surface area contributed by atoms with E-state index < -0.39 is 9.84 Å². The predicted molar refractivity (Wildman–Crippen MR) is 84.5 cm³/mol. The smallest absolute Gasteiger partial charge is 0.175 e. The van der Waals surface area contributed by atoms with Gasteiger partial charge in [-0.3, -0.25) is 4.98 Å². The van der Waals surface area contributed by atoms with Crippen molar-refractivity contribution in [2.24, 2.45) is 0 Å². The van der Waals surface area contributed by atoms with E-state index in [9.17, 15) is 12.8 Å². The predicted octanol–water partition coefficient (Wildman–Crippen LogP) is 3.52. The number of hydrogen-bond donors (Lipinski definition) is 1. The van der Waals surface area contributed by atoms with Crippen molar-refractivity contribution in [3.05, 3.63) is 60.5 Å². The fraction of sp³-hybridized carbons (Fsp3) is 0.0625. The third kappa shape index (κ3) is 2.78. The Kier molecular flexibility index (Phi) is 3.54. The Morgan fingerprint density at radius 1 is 1.05 bits per heavy atom. The van der Waals surface area contributed by atoms with Gasteiger partial charge in [-0.15, -0.1) is 0 Å². The molecule has 112 valence electrons. The van der Waals surface area contributed by atoms with Crippen LogP contribution in [-0.2, 0) is 9.84 Å². The summed E-state index contributed by atoms with van der Waals surface area (Å²) < 4.78 is 37.2. The first kappa shape index (κ1) is 14.5. The van der Waals surface area contributed by atoms with Crippen LogP contribution in [0.5, 0.6) is 0 Å². The highest BCUT2D eigenvalue weighted by Gasteiger charge is 2.11. The molecule has 0 radical (unpaired) electrons. The number of nitrogens with zero attached hydrogens (tertiary/aromatic N) is 1. The van der Waals surface area contributed by atoms with Crippen molar-refractivity contribution in [2.45, 2.75) is 4.90 Å². The zero-order valence-corrected chi connectivity index (χ0v) is 12.6. The van der Waals surface area contributed by atoms with Gasteiger partial charge in [0.05, 0.1) is 16.1 Å². The number of pyridine rings is 1. The van der Waals surface area contributed by atoms with Gasteiger partial charge in [0, 0.05) is 23.5 Å². The fourth-order valence-electron chi connectivity index (χ4n) is 2.17. The first-order valence-electron chi connectivity index (χ1n) is 6.55. The quantitative estimate of drug-likeness (QED) is 0.803. The molecule has 1 aromatic heterocycles. The standard InChI is InChI=1S/C16H13FN2O2S/c1-22(20,21)11-6-7-14-12(10-11)15(8-9-18-14)19-16-5-3-2-4-13(16)17/h2-10H,1H3,(H,18,19). The van der Waals surface area contributed by atoms with Crippen molar-refractivity contribution in [3.8, 4) is 0 Å². The highest BCUT2D eigenvalue weighted by Crippen LogP contribution is 2.28. The minimum Gasteiger partial charge on any atom is -0.353 e. The molecule has 2 aromatic carbocycles. The second kappa shape index (κ2) is 5.38. The monoisotopic (exact) mass is 316 g/mol. The molecule has 0 spiro atoms. The van der Waals surface area contributed by atoms with E-state index in [1.54, 1.807) is 42.6 Å². The lowest BCUT2D eigenvalue weighted by Gasteiger charge is -2.11. The number of hydrogen-bond acceptors (Lipinski definition) is 4. The molecule has 0 saturated carbocycles. The van der Waals surface area contributed by atoms with Crippen LogP contribution in [0.2, 0.25) is 0 Å². The number of benzene rings is 2. The molecule has 0 aliphatic heterocycles. The Labute approximate surface area is 127 Å². The van der Waals surface area contributed by atoms with Gasteiger partial charge in [0.25, 0.3) is 0 Å². The highest BCUT2D eigenvalue weighted by atomic mass is 32.2. The van der Waals surface area contributed by atoms with Gasteiger partial charge in [0.1, 0.15) is 5.82 Å². The molecule has 0 aliphatic rings. The zero-order chi connectivity index (χ0) is 15.7. The number of sulfone groups is 1. The van der Waals surface area contributed by atoms with Crippen LogP contribution in [0.15, 0.2) is 59.6 Å². The molecular formula is C16H13FN2O2S. The van der Waals surface area contributed by atoms with Crippen LogP contribution in [0.4, 0.5) is 15.8 Å². The van der Waals surface area contributed by atoms with E-state index in [2.05, 4.69) is 10.3 Å². The SMILES string of the molecule is CS(=O)(=O)c1ccc2nccc(Nc3ccccc3F)c2c1. The van der Waals surface area contributed by atoms with Gasteiger partial charge >= 0.3 is 0 Å². The van der Waals surface area contributed by atoms with Crippen LogP contribution < -0.4 is 5.32 Å². The molecule has 0 fully saturated rings. The van der Waals surface area contributed by atoms with Crippen molar-refractivity contribution in [2.75, 3.05) is 11.6 Å². The van der Waals surface area contributed by atoms with E-state index in [1.807, 2.05) is 0 Å². The molecule has 0 bridgehead atoms. The third-order valence-electron chi connectivity index (χ3n) is 3.28. The maximum absolute atomic E-state index is 13.8. The topological polar surface area (TPSA) is 59.1 Å². The van der Waals surface area contributed by atoms with Crippen molar-refractivity contribution in [3.63, 3.8) is 0 Å². The molecule has 0 unspecified atom stereocenters. The molecule has 4 nitrogen and oxygen atoms in total. The summed E-state index contributed by atoms with van der Waals surface area (Å²) in [6.07, 6.45) is 2.74. The van der Waals surface area contributed by atoms with Crippen LogP contribution in [0.3, 0.4) is 0 Å². The Balaban J connectivity index is 2.15. The van der Waals surface area contributed by atoms with Crippen molar-refractivity contribution < 1.29 is 12.8 Å². The molecule has 22 heavy (non-hydrogen) atoms. The van der Waals surface area contributed by atoms with Gasteiger partial charge in [-0.05, 0) is 36.4 Å². The minimum absolute atomic E-state index is 0.199. The maximum Gasteiger partial charge on any atom is 0.175 e. The van der Waals surface area contributed by atoms with Gasteiger partial charge in [0.15, 0.2) is 9.84 Å². The number of anilines is 2. The third-order valence-corrected chi connectivity index (χ3v) is 4.39. The average Bonchev–Trinajstić information content (AvgIpc) is 2.48. The average molecular weight is 316 g/mol. The summed E-state index contributed by atoms with van der Waals surface area (Å²) in [5.74, 6) is -0.383. The van der Waals surface area contributed by atoms with E-state index >= 15 is 0 Å². The van der Waals surface area contributed by atoms with Crippen molar-refractivity contribution in [1.29, 1.82) is 0 Å². The van der Waals surface area contributed by atoms with Crippen LogP contribution >= 0.6 is 0 Å². The Morgan fingerprint density at radius 2 is 1.82 bits per heavy atom. The zero-order valence-electron chi connectivity index (χ0n) is 11.7. The summed E-state index contributed by atoms with van der Waals surface area (Å²) in [6.45, 7) is 0. The van der Waals surface area contributed by atoms with Crippen LogP contribution in [0, 0.1) is 5.82 Å². The molecule has 0 aliphatic carbocycles. The number of rotatable bonds is 3. The Bertz CT molecular complexity index is 955. The van der Waals surface area contributed by atoms with Gasteiger partial charge in [-0.2, -0.15) is 0 Å². The molecule has 6 heteroatoms. The normalized spacial score (nSPS) is 11.5. The summed E-state index contributed by atoms with van der Waals surface area (Å²) in [4.78, 5) is 4.40. The second-order valence-corrected chi connectivity index (χ2v) is 6.93. The summed E-state index contributed by atoms with van der Waals surface area (Å²) in [6, 6.07) is 12.7. The second-order valence-electron chi connectivity index (χ2n) is 4.91. The lowest BCUT2D eigenvalue weighted by atomic mass is 10.2. The van der Waals surface area contributed by atoms with Gasteiger partial charge in [-0.25, -0.2) is 12.8 Å². The number of fused-ring (bicyclic) bond motifs is 1. The van der Waals surface area contributed by atoms with Crippen LogP contribution in [0.25, 0.3) is 10.9 Å². The number of aromatic nitrogens is 1. The van der Waals surface area contributed by atoms with E-state index in [0.29, 0.717) is 22.3 Å². The largest absolute Gasteiger partial charge is 0.353 e. The Morgan fingerprint density at radius 3 is 2.55 bits per heavy atom. The maximum atomic E-state index is 13.8. The minimum atomic E-state index is -3.32. The highest BCUT2D eigenvalue weighted by molar-refractivity contribution is 7.90. The van der Waals surface area contributed by atoms with Crippen molar-refractivity contribution in [1.82, 2.24) is 4.98 Å². The van der Waals surface area contributed by atoms with Crippen LogP contribution in [0.1, 0.15) is 0 Å². The van der Waals surface area contributed by atoms with E-state index in [4.69, 9.17) is 0 Å². The lowest BCUT2D eigenvalue weighted by molar-refractivity contribution is 0.602. The molecule has 0 atom stereocenters. The first-order valence-corrected chi connectivity index (χ1v) is 8.45. The summed E-state index contributed by atoms with van der Waals surface area (Å²) in [7, 11) is -3.32. The lowest BCUT2D eigenvalue weighted by Crippen LogP contribution is -1.99. The number of nitrogens with one attached hydrogen (secondary N) is 1. The molecule has 0 amide bonds. The molecule has 1 heterocycles. The van der Waals surface area contributed by atoms with Crippen LogP contribution in [-0.4, -0.2) is 19.7 Å². The number of halogens is 1. The van der Waals surface area contributed by atoms with Gasteiger partial charge in [0.2, 0.25) is 0 Å². The molecule has 0 saturated heterocycles. The van der Waals surface area contributed by atoms with Gasteiger partial charge < -0.3 is 5.32 Å². The van der Waals surface area contributed by atoms with E-state index in [-0.39, 0.29) is 10.7 Å². The fourth-order valence-corrected chi connectivity index (χ4v) is 2.82. The van der Waals surface area contributed by atoms with E-state index in [0.717, 1.165) is 6.26 Å². The molecule has 3 aromatic rings. The summed E-state index contributed by atoms with van der Waals surface area (Å²) in [5, 5.41) is 3.60. The van der Waals surface area contributed by atoms with Gasteiger partial charge in [-0.1, -0.05) is 12.1 Å². The van der Waals surface area contributed by atoms with Crippen molar-refractivity contribution >= 4 is 32.1 Å². The number of para-hydroxylation sites is 1. The Hall–Kier alpha value is -2.47. The molecule has 1 N–H and O–H groups in total.